The Morgan fingerprint density at radius 2 is 1.78 bits per heavy atom. The summed E-state index contributed by atoms with van der Waals surface area (Å²) in [6, 6.07) is 10.7. The fourth-order valence-electron chi connectivity index (χ4n) is 1.64. The Kier molecular flexibility index (Phi) is 7.35. The first-order valence-electron chi connectivity index (χ1n) is 6.34. The summed E-state index contributed by atoms with van der Waals surface area (Å²) in [4.78, 5) is 5.79. The van der Waals surface area contributed by atoms with Gasteiger partial charge in [-0.3, -0.25) is 0 Å². The average Bonchev–Trinajstić information content (AvgIpc) is 2.35. The number of benzene rings is 1. The molecule has 3 nitrogen and oxygen atoms in total. The first kappa shape index (κ1) is 15.5. The van der Waals surface area contributed by atoms with Crippen molar-refractivity contribution in [2.24, 2.45) is 5.73 Å². The maximum atomic E-state index is 6.15. The molecule has 0 saturated heterocycles. The van der Waals surface area contributed by atoms with Crippen LogP contribution in [0.15, 0.2) is 35.2 Å². The minimum atomic E-state index is 0.224. The fraction of sp³-hybridized carbons (Fsp3) is 0.571. The van der Waals surface area contributed by atoms with Crippen molar-refractivity contribution < 1.29 is 0 Å². The highest BCUT2D eigenvalue weighted by Gasteiger charge is 2.07. The molecule has 0 aromatic heterocycles. The zero-order valence-corrected chi connectivity index (χ0v) is 12.5. The normalized spacial score (nSPS) is 13.2. The zero-order valence-electron chi connectivity index (χ0n) is 11.7. The third kappa shape index (κ3) is 7.01. The molecule has 0 unspecified atom stereocenters. The molecule has 0 aliphatic heterocycles. The van der Waals surface area contributed by atoms with Gasteiger partial charge in [0.1, 0.15) is 0 Å². The van der Waals surface area contributed by atoms with Crippen LogP contribution in [0.1, 0.15) is 0 Å². The number of rotatable bonds is 8. The topological polar surface area (TPSA) is 32.5 Å². The summed E-state index contributed by atoms with van der Waals surface area (Å²) in [5, 5.41) is 0. The first-order valence-corrected chi connectivity index (χ1v) is 7.33. The molecule has 0 radical (unpaired) electrons. The first-order chi connectivity index (χ1) is 8.58. The molecule has 0 aliphatic carbocycles. The Hall–Kier alpha value is -0.550. The summed E-state index contributed by atoms with van der Waals surface area (Å²) in [7, 11) is 6.33. The van der Waals surface area contributed by atoms with Crippen LogP contribution in [-0.2, 0) is 0 Å². The Labute approximate surface area is 115 Å². The second-order valence-electron chi connectivity index (χ2n) is 4.95. The third-order valence-corrected chi connectivity index (χ3v) is 3.88. The second-order valence-corrected chi connectivity index (χ2v) is 6.04. The number of thioether (sulfide) groups is 1. The van der Waals surface area contributed by atoms with Gasteiger partial charge in [-0.2, -0.15) is 0 Å². The van der Waals surface area contributed by atoms with Gasteiger partial charge in [0.05, 0.1) is 0 Å². The quantitative estimate of drug-likeness (QED) is 0.725. The predicted octanol–water partition coefficient (Wildman–Crippen LogP) is 1.60. The number of nitrogens with zero attached hydrogens (tertiary/aromatic N) is 2. The molecule has 0 aliphatic rings. The van der Waals surface area contributed by atoms with E-state index in [0.717, 1.165) is 25.4 Å². The van der Waals surface area contributed by atoms with Crippen LogP contribution >= 0.6 is 11.8 Å². The fourth-order valence-corrected chi connectivity index (χ4v) is 2.50. The van der Waals surface area contributed by atoms with Crippen molar-refractivity contribution in [3.05, 3.63) is 30.3 Å². The summed E-state index contributed by atoms with van der Waals surface area (Å²) >= 11 is 1.83. The Balaban J connectivity index is 2.19. The number of hydrogen-bond acceptors (Lipinski definition) is 4. The molecule has 0 bridgehead atoms. The van der Waals surface area contributed by atoms with Gasteiger partial charge in [0.25, 0.3) is 0 Å². The molecule has 4 heteroatoms. The van der Waals surface area contributed by atoms with Gasteiger partial charge in [-0.25, -0.2) is 0 Å². The van der Waals surface area contributed by atoms with E-state index in [9.17, 15) is 0 Å². The molecule has 0 heterocycles. The summed E-state index contributed by atoms with van der Waals surface area (Å²) in [5.41, 5.74) is 6.15. The number of hydrogen-bond donors (Lipinski definition) is 1. The number of nitrogens with two attached hydrogens (primary N) is 1. The second kappa shape index (κ2) is 8.53. The Morgan fingerprint density at radius 1 is 1.11 bits per heavy atom. The van der Waals surface area contributed by atoms with Gasteiger partial charge >= 0.3 is 0 Å². The van der Waals surface area contributed by atoms with E-state index in [2.05, 4.69) is 55.2 Å². The van der Waals surface area contributed by atoms with Crippen molar-refractivity contribution in [3.8, 4) is 0 Å². The van der Waals surface area contributed by atoms with Crippen LogP contribution in [0.3, 0.4) is 0 Å². The molecule has 1 atom stereocenters. The van der Waals surface area contributed by atoms with E-state index in [0.29, 0.717) is 0 Å². The van der Waals surface area contributed by atoms with Crippen molar-refractivity contribution in [3.63, 3.8) is 0 Å². The van der Waals surface area contributed by atoms with Gasteiger partial charge in [0, 0.05) is 36.3 Å². The minimum Gasteiger partial charge on any atom is -0.326 e. The molecule has 0 amide bonds. The van der Waals surface area contributed by atoms with Crippen LogP contribution in [0.4, 0.5) is 0 Å². The van der Waals surface area contributed by atoms with E-state index >= 15 is 0 Å². The summed E-state index contributed by atoms with van der Waals surface area (Å²) in [6.45, 7) is 3.10. The summed E-state index contributed by atoms with van der Waals surface area (Å²) in [6.07, 6.45) is 0. The van der Waals surface area contributed by atoms with Crippen molar-refractivity contribution in [2.75, 3.05) is 46.5 Å². The van der Waals surface area contributed by atoms with Crippen LogP contribution in [0, 0.1) is 0 Å². The van der Waals surface area contributed by atoms with Gasteiger partial charge < -0.3 is 15.5 Å². The smallest absolute Gasteiger partial charge is 0.0263 e. The van der Waals surface area contributed by atoms with Crippen LogP contribution in [0.25, 0.3) is 0 Å². The number of likely N-dealkylation sites (N-methyl/N-ethyl adjacent to an activating group) is 2. The van der Waals surface area contributed by atoms with Crippen molar-refractivity contribution >= 4 is 11.8 Å². The highest BCUT2D eigenvalue weighted by Crippen LogP contribution is 2.17. The lowest BCUT2D eigenvalue weighted by atomic mass is 10.3. The van der Waals surface area contributed by atoms with Crippen LogP contribution in [0.5, 0.6) is 0 Å². The minimum absolute atomic E-state index is 0.224. The van der Waals surface area contributed by atoms with Crippen molar-refractivity contribution in [1.82, 2.24) is 9.80 Å². The molecule has 2 N–H and O–H groups in total. The lowest BCUT2D eigenvalue weighted by Crippen LogP contribution is -2.39. The molecular formula is C14H25N3S. The zero-order chi connectivity index (χ0) is 13.4. The van der Waals surface area contributed by atoms with Crippen LogP contribution in [-0.4, -0.2) is 62.4 Å². The van der Waals surface area contributed by atoms with E-state index in [4.69, 9.17) is 5.73 Å². The lowest BCUT2D eigenvalue weighted by Gasteiger charge is -2.22. The Morgan fingerprint density at radius 3 is 2.39 bits per heavy atom. The summed E-state index contributed by atoms with van der Waals surface area (Å²) in [5.74, 6) is 0.969. The van der Waals surface area contributed by atoms with E-state index in [-0.39, 0.29) is 6.04 Å². The largest absolute Gasteiger partial charge is 0.326 e. The SMILES string of the molecule is CN(C)CCN(C)C[C@@H](N)CSc1ccccc1. The molecule has 0 saturated carbocycles. The molecular weight excluding hydrogens is 242 g/mol. The maximum absolute atomic E-state index is 6.15. The maximum Gasteiger partial charge on any atom is 0.0263 e. The predicted molar refractivity (Wildman–Crippen MR) is 81.2 cm³/mol. The van der Waals surface area contributed by atoms with Crippen molar-refractivity contribution in [1.29, 1.82) is 0 Å². The molecule has 1 aromatic carbocycles. The molecule has 1 aromatic rings. The van der Waals surface area contributed by atoms with Gasteiger partial charge in [-0.1, -0.05) is 18.2 Å². The van der Waals surface area contributed by atoms with Gasteiger partial charge in [0.2, 0.25) is 0 Å². The van der Waals surface area contributed by atoms with Crippen LogP contribution in [0.2, 0.25) is 0 Å². The van der Waals surface area contributed by atoms with Crippen molar-refractivity contribution in [2.45, 2.75) is 10.9 Å². The van der Waals surface area contributed by atoms with E-state index in [1.807, 2.05) is 17.8 Å². The van der Waals surface area contributed by atoms with Gasteiger partial charge in [-0.05, 0) is 33.3 Å². The van der Waals surface area contributed by atoms with Gasteiger partial charge in [0.15, 0.2) is 0 Å². The molecule has 1 rings (SSSR count). The Bertz CT molecular complexity index is 316. The van der Waals surface area contributed by atoms with Crippen LogP contribution < -0.4 is 5.73 Å². The average molecular weight is 267 g/mol. The molecule has 102 valence electrons. The molecule has 0 fully saturated rings. The van der Waals surface area contributed by atoms with E-state index in [1.165, 1.54) is 4.90 Å². The molecule has 18 heavy (non-hydrogen) atoms. The standard InChI is InChI=1S/C14H25N3S/c1-16(2)9-10-17(3)11-13(15)12-18-14-7-5-4-6-8-14/h4-8,13H,9-12,15H2,1-3H3/t13-/m1/s1. The van der Waals surface area contributed by atoms with Gasteiger partial charge in [-0.15, -0.1) is 11.8 Å². The third-order valence-electron chi connectivity index (χ3n) is 2.68. The summed E-state index contributed by atoms with van der Waals surface area (Å²) < 4.78 is 0. The van der Waals surface area contributed by atoms with E-state index < -0.39 is 0 Å². The van der Waals surface area contributed by atoms with E-state index in [1.54, 1.807) is 0 Å². The highest BCUT2D eigenvalue weighted by atomic mass is 32.2. The lowest BCUT2D eigenvalue weighted by molar-refractivity contribution is 0.273. The monoisotopic (exact) mass is 267 g/mol. The highest BCUT2D eigenvalue weighted by molar-refractivity contribution is 7.99. The molecule has 0 spiro atoms.